The minimum Gasteiger partial charge on any atom is -0.360 e. The van der Waals surface area contributed by atoms with Crippen molar-refractivity contribution in [3.05, 3.63) is 53.8 Å². The molecule has 0 atom stereocenters. The van der Waals surface area contributed by atoms with Gasteiger partial charge in [-0.25, -0.2) is 4.98 Å². The van der Waals surface area contributed by atoms with Crippen LogP contribution in [0.3, 0.4) is 0 Å². The second-order valence-corrected chi connectivity index (χ2v) is 9.11. The van der Waals surface area contributed by atoms with E-state index in [9.17, 15) is 4.79 Å². The number of pyridine rings is 1. The summed E-state index contributed by atoms with van der Waals surface area (Å²) in [7, 11) is 2.02. The number of hydrogen-bond donors (Lipinski definition) is 0. The molecule has 8 nitrogen and oxygen atoms in total. The molecule has 0 bridgehead atoms. The van der Waals surface area contributed by atoms with Crippen molar-refractivity contribution in [2.75, 3.05) is 33.2 Å². The second kappa shape index (κ2) is 9.42. The SMILES string of the molecule is CN(Cc1ccno1)Cc1c(C(=O)N2CCN(C3CCCCC3)CC2)nc2ccccn12. The highest BCUT2D eigenvalue weighted by molar-refractivity contribution is 5.94. The van der Waals surface area contributed by atoms with Crippen molar-refractivity contribution in [1.82, 2.24) is 29.2 Å². The van der Waals surface area contributed by atoms with Gasteiger partial charge in [-0.3, -0.25) is 14.6 Å². The van der Waals surface area contributed by atoms with Crippen LogP contribution in [-0.4, -0.2) is 74.4 Å². The van der Waals surface area contributed by atoms with Crippen molar-refractivity contribution >= 4 is 11.6 Å². The van der Waals surface area contributed by atoms with Gasteiger partial charge >= 0.3 is 0 Å². The molecule has 8 heteroatoms. The summed E-state index contributed by atoms with van der Waals surface area (Å²) in [6.45, 7) is 4.69. The van der Waals surface area contributed by atoms with Crippen molar-refractivity contribution in [3.8, 4) is 0 Å². The lowest BCUT2D eigenvalue weighted by Crippen LogP contribution is -2.52. The van der Waals surface area contributed by atoms with E-state index in [4.69, 9.17) is 9.51 Å². The smallest absolute Gasteiger partial charge is 0.274 e. The van der Waals surface area contributed by atoms with Crippen LogP contribution in [0.15, 0.2) is 41.2 Å². The van der Waals surface area contributed by atoms with Crippen molar-refractivity contribution in [3.63, 3.8) is 0 Å². The Kier molecular flexibility index (Phi) is 6.23. The van der Waals surface area contributed by atoms with Gasteiger partial charge in [-0.15, -0.1) is 0 Å². The first-order valence-electron chi connectivity index (χ1n) is 11.8. The van der Waals surface area contributed by atoms with Crippen molar-refractivity contribution < 1.29 is 9.32 Å². The predicted molar refractivity (Wildman–Crippen MR) is 121 cm³/mol. The van der Waals surface area contributed by atoms with Crippen LogP contribution in [0.1, 0.15) is 54.0 Å². The van der Waals surface area contributed by atoms with Crippen LogP contribution in [-0.2, 0) is 13.1 Å². The average molecular weight is 437 g/mol. The molecule has 0 spiro atoms. The third kappa shape index (κ3) is 4.42. The van der Waals surface area contributed by atoms with Crippen LogP contribution in [0.2, 0.25) is 0 Å². The van der Waals surface area contributed by atoms with Gasteiger partial charge in [0.25, 0.3) is 5.91 Å². The molecule has 1 saturated carbocycles. The number of imidazole rings is 1. The molecule has 3 aromatic heterocycles. The first kappa shape index (κ1) is 21.2. The highest BCUT2D eigenvalue weighted by Crippen LogP contribution is 2.24. The standard InChI is InChI=1S/C24H32N6O2/c1-27(17-20-10-11-25-32-20)18-21-23(26-22-9-5-6-12-30(21)22)24(31)29-15-13-28(14-16-29)19-7-3-2-4-8-19/h5-6,9-12,19H,2-4,7-8,13-18H2,1H3. The molecule has 4 heterocycles. The molecular formula is C24H32N6O2. The van der Waals surface area contributed by atoms with Crippen LogP contribution in [0, 0.1) is 0 Å². The van der Waals surface area contributed by atoms with Crippen molar-refractivity contribution in [2.24, 2.45) is 0 Å². The summed E-state index contributed by atoms with van der Waals surface area (Å²) in [6.07, 6.45) is 10.3. The quantitative estimate of drug-likeness (QED) is 0.592. The number of hydrogen-bond acceptors (Lipinski definition) is 6. The Balaban J connectivity index is 1.32. The van der Waals surface area contributed by atoms with Gasteiger partial charge in [0.2, 0.25) is 0 Å². The average Bonchev–Trinajstić information content (AvgIpc) is 3.47. The van der Waals surface area contributed by atoms with Gasteiger partial charge in [-0.2, -0.15) is 0 Å². The van der Waals surface area contributed by atoms with E-state index in [1.54, 1.807) is 6.20 Å². The van der Waals surface area contributed by atoms with Crippen molar-refractivity contribution in [1.29, 1.82) is 0 Å². The van der Waals surface area contributed by atoms with Gasteiger partial charge in [0.05, 0.1) is 18.4 Å². The molecule has 1 amide bonds. The third-order valence-corrected chi connectivity index (χ3v) is 6.86. The van der Waals surface area contributed by atoms with Crippen molar-refractivity contribution in [2.45, 2.75) is 51.2 Å². The van der Waals surface area contributed by atoms with E-state index in [-0.39, 0.29) is 5.91 Å². The van der Waals surface area contributed by atoms with Gasteiger partial charge in [0, 0.05) is 51.0 Å². The zero-order valence-corrected chi connectivity index (χ0v) is 18.8. The molecule has 170 valence electrons. The third-order valence-electron chi connectivity index (χ3n) is 6.86. The lowest BCUT2D eigenvalue weighted by Gasteiger charge is -2.40. The van der Waals surface area contributed by atoms with Crippen LogP contribution in [0.25, 0.3) is 5.65 Å². The number of rotatable bonds is 6. The van der Waals surface area contributed by atoms with Crippen LogP contribution in [0.4, 0.5) is 0 Å². The van der Waals surface area contributed by atoms with Gasteiger partial charge in [-0.05, 0) is 32.0 Å². The fraction of sp³-hybridized carbons (Fsp3) is 0.542. The van der Waals surface area contributed by atoms with Gasteiger partial charge < -0.3 is 13.8 Å². The monoisotopic (exact) mass is 436 g/mol. The second-order valence-electron chi connectivity index (χ2n) is 9.11. The highest BCUT2D eigenvalue weighted by atomic mass is 16.5. The normalized spacial score (nSPS) is 18.6. The molecule has 1 aliphatic carbocycles. The number of amides is 1. The predicted octanol–water partition coefficient (Wildman–Crippen LogP) is 3.04. The van der Waals surface area contributed by atoms with E-state index >= 15 is 0 Å². The number of nitrogens with zero attached hydrogens (tertiary/aromatic N) is 6. The maximum absolute atomic E-state index is 13.6. The molecule has 0 N–H and O–H groups in total. The van der Waals surface area contributed by atoms with Gasteiger partial charge in [-0.1, -0.05) is 30.5 Å². The number of carbonyl (C=O) groups is 1. The molecule has 32 heavy (non-hydrogen) atoms. The van der Waals surface area contributed by atoms with Gasteiger partial charge in [0.15, 0.2) is 11.5 Å². The molecule has 1 saturated heterocycles. The van der Waals surface area contributed by atoms with Gasteiger partial charge in [0.1, 0.15) is 5.65 Å². The number of piperazine rings is 1. The summed E-state index contributed by atoms with van der Waals surface area (Å²) >= 11 is 0. The Morgan fingerprint density at radius 3 is 2.66 bits per heavy atom. The fourth-order valence-electron chi connectivity index (χ4n) is 5.16. The lowest BCUT2D eigenvalue weighted by atomic mass is 9.94. The van der Waals surface area contributed by atoms with Crippen LogP contribution >= 0.6 is 0 Å². The van der Waals surface area contributed by atoms with E-state index in [0.717, 1.165) is 43.3 Å². The largest absolute Gasteiger partial charge is 0.360 e. The Morgan fingerprint density at radius 2 is 1.91 bits per heavy atom. The molecular weight excluding hydrogens is 404 g/mol. The zero-order valence-electron chi connectivity index (χ0n) is 18.8. The Hall–Kier alpha value is -2.71. The number of aromatic nitrogens is 3. The summed E-state index contributed by atoms with van der Waals surface area (Å²) < 4.78 is 7.28. The molecule has 2 aliphatic rings. The number of carbonyl (C=O) groups excluding carboxylic acids is 1. The van der Waals surface area contributed by atoms with E-state index in [1.165, 1.54) is 32.1 Å². The zero-order chi connectivity index (χ0) is 21.9. The maximum atomic E-state index is 13.6. The molecule has 3 aromatic rings. The fourth-order valence-corrected chi connectivity index (χ4v) is 5.16. The molecule has 0 radical (unpaired) electrons. The summed E-state index contributed by atoms with van der Waals surface area (Å²) in [6, 6.07) is 8.46. The topological polar surface area (TPSA) is 70.1 Å². The summed E-state index contributed by atoms with van der Waals surface area (Å²) in [5.41, 5.74) is 2.29. The summed E-state index contributed by atoms with van der Waals surface area (Å²) in [5, 5.41) is 3.78. The lowest BCUT2D eigenvalue weighted by molar-refractivity contribution is 0.0517. The van der Waals surface area contributed by atoms with Crippen LogP contribution < -0.4 is 0 Å². The Morgan fingerprint density at radius 1 is 1.09 bits per heavy atom. The Labute approximate surface area is 188 Å². The first-order valence-corrected chi connectivity index (χ1v) is 11.8. The molecule has 1 aliphatic heterocycles. The van der Waals surface area contributed by atoms with Crippen LogP contribution in [0.5, 0.6) is 0 Å². The van der Waals surface area contributed by atoms with E-state index in [1.807, 2.05) is 46.8 Å². The molecule has 5 rings (SSSR count). The maximum Gasteiger partial charge on any atom is 0.274 e. The Bertz CT molecular complexity index is 1030. The highest BCUT2D eigenvalue weighted by Gasteiger charge is 2.30. The first-order chi connectivity index (χ1) is 15.7. The minimum atomic E-state index is 0.0417. The van der Waals surface area contributed by atoms with E-state index in [0.29, 0.717) is 24.8 Å². The summed E-state index contributed by atoms with van der Waals surface area (Å²) in [4.78, 5) is 25.0. The molecule has 0 unspecified atom stereocenters. The minimum absolute atomic E-state index is 0.0417. The summed E-state index contributed by atoms with van der Waals surface area (Å²) in [5.74, 6) is 0.841. The van der Waals surface area contributed by atoms with E-state index < -0.39 is 0 Å². The molecule has 2 fully saturated rings. The number of fused-ring (bicyclic) bond motifs is 1. The van der Waals surface area contributed by atoms with E-state index in [2.05, 4.69) is 15.0 Å². The molecule has 0 aromatic carbocycles.